The van der Waals surface area contributed by atoms with Gasteiger partial charge in [-0.3, -0.25) is 0 Å². The molecule has 0 aromatic rings. The van der Waals surface area contributed by atoms with Crippen molar-refractivity contribution in [3.63, 3.8) is 0 Å². The Morgan fingerprint density at radius 3 is 2.82 bits per heavy atom. The minimum absolute atomic E-state index is 0.199. The van der Waals surface area contributed by atoms with E-state index < -0.39 is 16.1 Å². The molecule has 1 atom stereocenters. The zero-order chi connectivity index (χ0) is 8.48. The Kier molecular flexibility index (Phi) is 2.48. The molecule has 0 amide bonds. The second-order valence-corrected chi connectivity index (χ2v) is 4.43. The smallest absolute Gasteiger partial charge is 0.238 e. The number of hydrogen-bond donors (Lipinski definition) is 1. The number of sulfonamides is 1. The average Bonchev–Trinajstić information content (AvgIpc) is 1.95. The summed E-state index contributed by atoms with van der Waals surface area (Å²) in [5.74, 6) is -0.278. The molecule has 1 saturated heterocycles. The first-order chi connectivity index (χ1) is 5.08. The lowest BCUT2D eigenvalue weighted by Crippen LogP contribution is -2.48. The van der Waals surface area contributed by atoms with Crippen molar-refractivity contribution in [3.8, 4) is 0 Å². The summed E-state index contributed by atoms with van der Waals surface area (Å²) < 4.78 is 28.0. The first-order valence-corrected chi connectivity index (χ1v) is 4.83. The van der Waals surface area contributed by atoms with E-state index in [-0.39, 0.29) is 19.2 Å². The Labute approximate surface area is 65.6 Å². The van der Waals surface area contributed by atoms with Gasteiger partial charge in [-0.05, 0) is 0 Å². The molecule has 0 aromatic heterocycles. The van der Waals surface area contributed by atoms with Crippen LogP contribution in [0.1, 0.15) is 0 Å². The van der Waals surface area contributed by atoms with E-state index in [0.29, 0.717) is 0 Å². The lowest BCUT2D eigenvalue weighted by atomic mass is 10.3. The predicted octanol–water partition coefficient (Wildman–Crippen LogP) is -1.40. The van der Waals surface area contributed by atoms with E-state index in [4.69, 9.17) is 9.84 Å². The van der Waals surface area contributed by atoms with Crippen molar-refractivity contribution < 1.29 is 18.3 Å². The van der Waals surface area contributed by atoms with Crippen molar-refractivity contribution in [2.24, 2.45) is 0 Å². The SMILES string of the molecule is CN1C(CO)COCS1(=O)=O. The highest BCUT2D eigenvalue weighted by molar-refractivity contribution is 7.88. The van der Waals surface area contributed by atoms with Crippen molar-refractivity contribution in [1.29, 1.82) is 0 Å². The van der Waals surface area contributed by atoms with Crippen LogP contribution < -0.4 is 0 Å². The summed E-state index contributed by atoms with van der Waals surface area (Å²) in [6.45, 7) is 0.0714. The fraction of sp³-hybridized carbons (Fsp3) is 1.00. The normalized spacial score (nSPS) is 32.0. The zero-order valence-corrected chi connectivity index (χ0v) is 7.04. The first-order valence-electron chi connectivity index (χ1n) is 3.22. The highest BCUT2D eigenvalue weighted by atomic mass is 32.2. The molecule has 1 N–H and O–H groups in total. The van der Waals surface area contributed by atoms with Crippen molar-refractivity contribution in [1.82, 2.24) is 4.31 Å². The molecule has 0 aliphatic carbocycles. The van der Waals surface area contributed by atoms with Gasteiger partial charge in [0.15, 0.2) is 5.94 Å². The fourth-order valence-electron chi connectivity index (χ4n) is 0.872. The number of ether oxygens (including phenoxy) is 1. The number of hydrogen-bond acceptors (Lipinski definition) is 4. The molecule has 0 bridgehead atoms. The number of aliphatic hydroxyl groups excluding tert-OH is 1. The molecular formula is C5H11NO4S. The van der Waals surface area contributed by atoms with Gasteiger partial charge < -0.3 is 9.84 Å². The summed E-state index contributed by atoms with van der Waals surface area (Å²) in [4.78, 5) is 0. The third kappa shape index (κ3) is 1.70. The van der Waals surface area contributed by atoms with Crippen LogP contribution in [0.4, 0.5) is 0 Å². The van der Waals surface area contributed by atoms with E-state index in [9.17, 15) is 8.42 Å². The molecule has 11 heavy (non-hydrogen) atoms. The van der Waals surface area contributed by atoms with E-state index in [1.807, 2.05) is 0 Å². The Hall–Kier alpha value is -0.170. The predicted molar refractivity (Wildman–Crippen MR) is 38.4 cm³/mol. The van der Waals surface area contributed by atoms with Gasteiger partial charge in [0.05, 0.1) is 19.3 Å². The minimum Gasteiger partial charge on any atom is -0.395 e. The van der Waals surface area contributed by atoms with Gasteiger partial charge >= 0.3 is 0 Å². The Bertz CT molecular complexity index is 225. The van der Waals surface area contributed by atoms with E-state index in [2.05, 4.69) is 0 Å². The van der Waals surface area contributed by atoms with Gasteiger partial charge in [0, 0.05) is 7.05 Å². The van der Waals surface area contributed by atoms with Crippen LogP contribution >= 0.6 is 0 Å². The third-order valence-corrected chi connectivity index (χ3v) is 3.35. The molecular weight excluding hydrogens is 170 g/mol. The summed E-state index contributed by atoms with van der Waals surface area (Å²) in [5, 5.41) is 8.71. The summed E-state index contributed by atoms with van der Waals surface area (Å²) >= 11 is 0. The van der Waals surface area contributed by atoms with Crippen LogP contribution in [0.2, 0.25) is 0 Å². The number of aliphatic hydroxyl groups is 1. The summed E-state index contributed by atoms with van der Waals surface area (Å²) in [6.07, 6.45) is 0. The fourth-order valence-corrected chi connectivity index (χ4v) is 1.93. The Morgan fingerprint density at radius 2 is 2.36 bits per heavy atom. The third-order valence-electron chi connectivity index (χ3n) is 1.71. The molecule has 1 aliphatic heterocycles. The molecule has 6 heteroatoms. The van der Waals surface area contributed by atoms with E-state index in [0.717, 1.165) is 4.31 Å². The molecule has 1 rings (SSSR count). The van der Waals surface area contributed by atoms with Gasteiger partial charge in [0.2, 0.25) is 10.0 Å². The van der Waals surface area contributed by atoms with Crippen LogP contribution in [0.15, 0.2) is 0 Å². The Morgan fingerprint density at radius 1 is 1.73 bits per heavy atom. The van der Waals surface area contributed by atoms with Gasteiger partial charge in [-0.15, -0.1) is 0 Å². The highest BCUT2D eigenvalue weighted by Gasteiger charge is 2.30. The van der Waals surface area contributed by atoms with Gasteiger partial charge in [0.1, 0.15) is 0 Å². The van der Waals surface area contributed by atoms with E-state index in [1.54, 1.807) is 0 Å². The number of nitrogens with zero attached hydrogens (tertiary/aromatic N) is 1. The van der Waals surface area contributed by atoms with Crippen molar-refractivity contribution >= 4 is 10.0 Å². The first kappa shape index (κ1) is 8.92. The highest BCUT2D eigenvalue weighted by Crippen LogP contribution is 2.11. The molecule has 1 unspecified atom stereocenters. The van der Waals surface area contributed by atoms with Crippen molar-refractivity contribution in [3.05, 3.63) is 0 Å². The molecule has 66 valence electrons. The maximum Gasteiger partial charge on any atom is 0.238 e. The lowest BCUT2D eigenvalue weighted by Gasteiger charge is -2.30. The lowest BCUT2D eigenvalue weighted by molar-refractivity contribution is 0.0666. The molecule has 1 heterocycles. The molecule has 0 saturated carbocycles. The summed E-state index contributed by atoms with van der Waals surface area (Å²) in [6, 6.07) is -0.422. The quantitative estimate of drug-likeness (QED) is 0.540. The Balaban J connectivity index is 2.76. The molecule has 0 radical (unpaired) electrons. The van der Waals surface area contributed by atoms with Crippen molar-refractivity contribution in [2.45, 2.75) is 6.04 Å². The van der Waals surface area contributed by atoms with Crippen molar-refractivity contribution in [2.75, 3.05) is 26.2 Å². The molecule has 0 spiro atoms. The van der Waals surface area contributed by atoms with Gasteiger partial charge in [-0.25, -0.2) is 8.42 Å². The van der Waals surface area contributed by atoms with Crippen LogP contribution in [0.3, 0.4) is 0 Å². The maximum absolute atomic E-state index is 11.0. The molecule has 5 nitrogen and oxygen atoms in total. The van der Waals surface area contributed by atoms with Crippen LogP contribution in [-0.2, 0) is 14.8 Å². The average molecular weight is 181 g/mol. The standard InChI is InChI=1S/C5H11NO4S/c1-6-5(2-7)3-10-4-11(6,8)9/h5,7H,2-4H2,1H3. The summed E-state index contributed by atoms with van der Waals surface area (Å²) in [7, 11) is -1.83. The van der Waals surface area contributed by atoms with Gasteiger partial charge in [-0.2, -0.15) is 4.31 Å². The van der Waals surface area contributed by atoms with Gasteiger partial charge in [0.25, 0.3) is 0 Å². The maximum atomic E-state index is 11.0. The van der Waals surface area contributed by atoms with Crippen LogP contribution in [0, 0.1) is 0 Å². The van der Waals surface area contributed by atoms with Crippen LogP contribution in [-0.4, -0.2) is 50.1 Å². The van der Waals surface area contributed by atoms with Gasteiger partial charge in [-0.1, -0.05) is 0 Å². The largest absolute Gasteiger partial charge is 0.395 e. The van der Waals surface area contributed by atoms with Crippen LogP contribution in [0.5, 0.6) is 0 Å². The second kappa shape index (κ2) is 3.06. The van der Waals surface area contributed by atoms with E-state index in [1.165, 1.54) is 7.05 Å². The zero-order valence-electron chi connectivity index (χ0n) is 6.23. The molecule has 1 aliphatic rings. The minimum atomic E-state index is -3.27. The number of rotatable bonds is 1. The number of likely N-dealkylation sites (N-methyl/N-ethyl adjacent to an activating group) is 1. The van der Waals surface area contributed by atoms with Crippen LogP contribution in [0.25, 0.3) is 0 Å². The topological polar surface area (TPSA) is 66.8 Å². The molecule has 0 aromatic carbocycles. The summed E-state index contributed by atoms with van der Waals surface area (Å²) in [5.41, 5.74) is 0. The second-order valence-electron chi connectivity index (χ2n) is 2.45. The monoisotopic (exact) mass is 181 g/mol. The molecule has 1 fully saturated rings. The van der Waals surface area contributed by atoms with E-state index >= 15 is 0 Å².